The molecule has 1 saturated carbocycles. The Labute approximate surface area is 125 Å². The van der Waals surface area contributed by atoms with Crippen LogP contribution in [0.4, 0.5) is 0 Å². The van der Waals surface area contributed by atoms with Crippen LogP contribution in [0, 0.1) is 0 Å². The summed E-state index contributed by atoms with van der Waals surface area (Å²) in [6.07, 6.45) is 6.59. The van der Waals surface area contributed by atoms with Gasteiger partial charge in [0, 0.05) is 11.8 Å². The Morgan fingerprint density at radius 3 is 2.81 bits per heavy atom. The third-order valence-corrected chi connectivity index (χ3v) is 4.11. The number of aliphatic hydroxyl groups is 1. The second-order valence-corrected chi connectivity index (χ2v) is 5.73. The zero-order chi connectivity index (χ0) is 14.7. The van der Waals surface area contributed by atoms with Crippen LogP contribution in [0.15, 0.2) is 36.5 Å². The van der Waals surface area contributed by atoms with Crippen LogP contribution in [0.1, 0.15) is 56.0 Å². The van der Waals surface area contributed by atoms with Crippen molar-refractivity contribution in [2.45, 2.75) is 51.4 Å². The predicted molar refractivity (Wildman–Crippen MR) is 81.1 cm³/mol. The zero-order valence-electron chi connectivity index (χ0n) is 12.4. The van der Waals surface area contributed by atoms with Crippen molar-refractivity contribution >= 4 is 0 Å². The van der Waals surface area contributed by atoms with E-state index in [1.54, 1.807) is 6.92 Å². The van der Waals surface area contributed by atoms with Gasteiger partial charge in [0.15, 0.2) is 0 Å². The van der Waals surface area contributed by atoms with Gasteiger partial charge < -0.3 is 9.84 Å². The van der Waals surface area contributed by atoms with Gasteiger partial charge in [0.25, 0.3) is 0 Å². The second-order valence-electron chi connectivity index (χ2n) is 5.73. The molecule has 4 heteroatoms. The van der Waals surface area contributed by atoms with Crippen molar-refractivity contribution in [2.24, 2.45) is 0 Å². The Morgan fingerprint density at radius 1 is 1.29 bits per heavy atom. The molecule has 3 rings (SSSR count). The van der Waals surface area contributed by atoms with Gasteiger partial charge in [-0.15, -0.1) is 0 Å². The molecule has 2 aromatic rings. The highest BCUT2D eigenvalue weighted by Gasteiger charge is 2.17. The van der Waals surface area contributed by atoms with E-state index < -0.39 is 6.10 Å². The van der Waals surface area contributed by atoms with Crippen LogP contribution in [0.5, 0.6) is 5.75 Å². The van der Waals surface area contributed by atoms with E-state index in [9.17, 15) is 5.11 Å². The lowest BCUT2D eigenvalue weighted by Gasteiger charge is -2.12. The standard InChI is InChI=1S/C17H22N2O2/c1-13(20)16-8-4-5-9-17(16)21-12-14-10-11-19(18-14)15-6-2-3-7-15/h4-5,8-11,13,15,20H,2-3,6-7,12H2,1H3/t13-/m1/s1. The summed E-state index contributed by atoms with van der Waals surface area (Å²) in [4.78, 5) is 0. The maximum Gasteiger partial charge on any atom is 0.132 e. The monoisotopic (exact) mass is 286 g/mol. The second kappa shape index (κ2) is 6.31. The van der Waals surface area contributed by atoms with Gasteiger partial charge >= 0.3 is 0 Å². The summed E-state index contributed by atoms with van der Waals surface area (Å²) in [7, 11) is 0. The average molecular weight is 286 g/mol. The molecule has 4 nitrogen and oxygen atoms in total. The molecule has 0 aliphatic heterocycles. The number of hydrogen-bond acceptors (Lipinski definition) is 3. The van der Waals surface area contributed by atoms with E-state index in [1.807, 2.05) is 30.3 Å². The third kappa shape index (κ3) is 3.27. The predicted octanol–water partition coefficient (Wildman–Crippen LogP) is 3.63. The number of ether oxygens (including phenoxy) is 1. The molecule has 1 N–H and O–H groups in total. The highest BCUT2D eigenvalue weighted by Crippen LogP contribution is 2.29. The molecular formula is C17H22N2O2. The van der Waals surface area contributed by atoms with Crippen LogP contribution < -0.4 is 4.74 Å². The molecule has 1 aliphatic carbocycles. The molecule has 1 heterocycles. The number of aromatic nitrogens is 2. The Bertz CT molecular complexity index is 586. The van der Waals surface area contributed by atoms with Gasteiger partial charge in [-0.05, 0) is 31.9 Å². The fourth-order valence-electron chi connectivity index (χ4n) is 2.94. The van der Waals surface area contributed by atoms with Crippen molar-refractivity contribution in [3.8, 4) is 5.75 Å². The van der Waals surface area contributed by atoms with Crippen molar-refractivity contribution in [1.29, 1.82) is 0 Å². The molecule has 0 unspecified atom stereocenters. The van der Waals surface area contributed by atoms with Gasteiger partial charge in [-0.2, -0.15) is 5.10 Å². The summed E-state index contributed by atoms with van der Waals surface area (Å²) in [6, 6.07) is 10.2. The number of rotatable bonds is 5. The molecule has 1 atom stereocenters. The Hall–Kier alpha value is -1.81. The lowest BCUT2D eigenvalue weighted by molar-refractivity contribution is 0.189. The van der Waals surface area contributed by atoms with Crippen LogP contribution in [0.2, 0.25) is 0 Å². The van der Waals surface area contributed by atoms with E-state index >= 15 is 0 Å². The van der Waals surface area contributed by atoms with Crippen molar-refractivity contribution in [1.82, 2.24) is 9.78 Å². The number of hydrogen-bond donors (Lipinski definition) is 1. The molecule has 1 aromatic heterocycles. The molecule has 1 fully saturated rings. The summed E-state index contributed by atoms with van der Waals surface area (Å²) in [6.45, 7) is 2.18. The number of nitrogens with zero attached hydrogens (tertiary/aromatic N) is 2. The molecule has 112 valence electrons. The Morgan fingerprint density at radius 2 is 2.05 bits per heavy atom. The van der Waals surface area contributed by atoms with Crippen molar-refractivity contribution in [3.05, 3.63) is 47.8 Å². The summed E-state index contributed by atoms with van der Waals surface area (Å²) >= 11 is 0. The molecular weight excluding hydrogens is 264 g/mol. The minimum absolute atomic E-state index is 0.434. The maximum absolute atomic E-state index is 9.75. The first-order valence-corrected chi connectivity index (χ1v) is 7.68. The molecule has 1 aromatic carbocycles. The van der Waals surface area contributed by atoms with Crippen LogP contribution in [-0.4, -0.2) is 14.9 Å². The van der Waals surface area contributed by atoms with E-state index in [2.05, 4.69) is 16.0 Å². The number of benzene rings is 1. The Kier molecular flexibility index (Phi) is 4.25. The van der Waals surface area contributed by atoms with Crippen LogP contribution in [0.25, 0.3) is 0 Å². The minimum atomic E-state index is -0.530. The summed E-state index contributed by atoms with van der Waals surface area (Å²) in [5, 5.41) is 14.4. The molecule has 0 saturated heterocycles. The first kappa shape index (κ1) is 14.1. The quantitative estimate of drug-likeness (QED) is 0.913. The van der Waals surface area contributed by atoms with E-state index in [4.69, 9.17) is 4.74 Å². The number of aliphatic hydroxyl groups excluding tert-OH is 1. The summed E-state index contributed by atoms with van der Waals surface area (Å²) in [5.74, 6) is 0.725. The fourth-order valence-corrected chi connectivity index (χ4v) is 2.94. The van der Waals surface area contributed by atoms with E-state index in [1.165, 1.54) is 25.7 Å². The topological polar surface area (TPSA) is 47.3 Å². The van der Waals surface area contributed by atoms with Gasteiger partial charge in [0.2, 0.25) is 0 Å². The van der Waals surface area contributed by atoms with Crippen LogP contribution in [-0.2, 0) is 6.61 Å². The van der Waals surface area contributed by atoms with E-state index in [0.717, 1.165) is 17.0 Å². The van der Waals surface area contributed by atoms with E-state index in [-0.39, 0.29) is 0 Å². The highest BCUT2D eigenvalue weighted by molar-refractivity contribution is 5.34. The summed E-state index contributed by atoms with van der Waals surface area (Å²) in [5.41, 5.74) is 1.75. The van der Waals surface area contributed by atoms with Gasteiger partial charge in [0.05, 0.1) is 17.8 Å². The molecule has 0 spiro atoms. The highest BCUT2D eigenvalue weighted by atomic mass is 16.5. The van der Waals surface area contributed by atoms with Gasteiger partial charge in [-0.25, -0.2) is 0 Å². The molecule has 0 amide bonds. The van der Waals surface area contributed by atoms with E-state index in [0.29, 0.717) is 12.6 Å². The third-order valence-electron chi connectivity index (χ3n) is 4.11. The van der Waals surface area contributed by atoms with Crippen molar-refractivity contribution < 1.29 is 9.84 Å². The normalized spacial score (nSPS) is 17.0. The first-order valence-electron chi connectivity index (χ1n) is 7.68. The number of para-hydroxylation sites is 1. The molecule has 21 heavy (non-hydrogen) atoms. The van der Waals surface area contributed by atoms with Gasteiger partial charge in [-0.1, -0.05) is 31.0 Å². The average Bonchev–Trinajstić information content (AvgIpc) is 3.16. The molecule has 1 aliphatic rings. The largest absolute Gasteiger partial charge is 0.487 e. The first-order chi connectivity index (χ1) is 10.2. The molecule has 0 radical (unpaired) electrons. The van der Waals surface area contributed by atoms with Gasteiger partial charge in [-0.3, -0.25) is 4.68 Å². The van der Waals surface area contributed by atoms with Crippen LogP contribution >= 0.6 is 0 Å². The van der Waals surface area contributed by atoms with Crippen molar-refractivity contribution in [3.63, 3.8) is 0 Å². The summed E-state index contributed by atoms with van der Waals surface area (Å²) < 4.78 is 7.90. The molecule has 0 bridgehead atoms. The zero-order valence-corrected chi connectivity index (χ0v) is 12.4. The minimum Gasteiger partial charge on any atom is -0.487 e. The van der Waals surface area contributed by atoms with Crippen LogP contribution in [0.3, 0.4) is 0 Å². The lowest BCUT2D eigenvalue weighted by Crippen LogP contribution is -2.07. The maximum atomic E-state index is 9.75. The fraction of sp³-hybridized carbons (Fsp3) is 0.471. The lowest BCUT2D eigenvalue weighted by atomic mass is 10.1. The SMILES string of the molecule is C[C@@H](O)c1ccccc1OCc1ccn(C2CCCC2)n1. The smallest absolute Gasteiger partial charge is 0.132 e. The van der Waals surface area contributed by atoms with Gasteiger partial charge in [0.1, 0.15) is 12.4 Å². The Balaban J connectivity index is 1.65. The van der Waals surface area contributed by atoms with Crippen molar-refractivity contribution in [2.75, 3.05) is 0 Å².